The minimum atomic E-state index is -0.753. The Bertz CT molecular complexity index is 478. The maximum absolute atomic E-state index is 11.9. The Hall–Kier alpha value is -1.68. The molecule has 114 valence electrons. The second-order valence-corrected chi connectivity index (χ2v) is 5.85. The first-order chi connectivity index (χ1) is 10.1. The third kappa shape index (κ3) is 4.97. The Labute approximate surface area is 125 Å². The summed E-state index contributed by atoms with van der Waals surface area (Å²) in [6.07, 6.45) is 5.05. The van der Waals surface area contributed by atoms with Gasteiger partial charge in [-0.2, -0.15) is 0 Å². The molecule has 0 aromatic heterocycles. The van der Waals surface area contributed by atoms with Crippen LogP contribution in [0.4, 0.5) is 0 Å². The van der Waals surface area contributed by atoms with Crippen LogP contribution in [0.1, 0.15) is 55.3 Å². The summed E-state index contributed by atoms with van der Waals surface area (Å²) in [6.45, 7) is 0.297. The molecule has 2 N–H and O–H groups in total. The lowest BCUT2D eigenvalue weighted by atomic mass is 9.85. The molecule has 0 radical (unpaired) electrons. The average molecular weight is 289 g/mol. The van der Waals surface area contributed by atoms with Crippen LogP contribution in [0.15, 0.2) is 30.3 Å². The average Bonchev–Trinajstić information content (AvgIpc) is 2.52. The lowest BCUT2D eigenvalue weighted by molar-refractivity contribution is -0.122. The molecule has 21 heavy (non-hydrogen) atoms. The number of hydrogen-bond acceptors (Lipinski definition) is 3. The van der Waals surface area contributed by atoms with Gasteiger partial charge < -0.3 is 10.4 Å². The van der Waals surface area contributed by atoms with Gasteiger partial charge in [-0.05, 0) is 12.8 Å². The third-order valence-electron chi connectivity index (χ3n) is 4.07. The lowest BCUT2D eigenvalue weighted by Gasteiger charge is -2.32. The Kier molecular flexibility index (Phi) is 5.51. The quantitative estimate of drug-likeness (QED) is 0.791. The number of Topliss-reactive ketones (excluding diaryl/α,β-unsaturated/α-hetero) is 1. The van der Waals surface area contributed by atoms with Crippen molar-refractivity contribution in [2.45, 2.75) is 50.5 Å². The zero-order valence-corrected chi connectivity index (χ0v) is 12.3. The predicted octanol–water partition coefficient (Wildman–Crippen LogP) is 2.46. The molecule has 1 aliphatic rings. The molecule has 4 nitrogen and oxygen atoms in total. The van der Waals surface area contributed by atoms with Crippen LogP contribution in [0.2, 0.25) is 0 Å². The predicted molar refractivity (Wildman–Crippen MR) is 81.1 cm³/mol. The second-order valence-electron chi connectivity index (χ2n) is 5.85. The van der Waals surface area contributed by atoms with Crippen molar-refractivity contribution in [1.82, 2.24) is 5.32 Å². The van der Waals surface area contributed by atoms with Crippen LogP contribution in [-0.4, -0.2) is 28.9 Å². The number of ketones is 1. The fourth-order valence-corrected chi connectivity index (χ4v) is 2.73. The summed E-state index contributed by atoms with van der Waals surface area (Å²) >= 11 is 0. The van der Waals surface area contributed by atoms with Gasteiger partial charge in [0.1, 0.15) is 0 Å². The molecular formula is C17H23NO3. The molecule has 1 amide bonds. The van der Waals surface area contributed by atoms with Crippen LogP contribution in [0, 0.1) is 0 Å². The molecule has 1 fully saturated rings. The van der Waals surface area contributed by atoms with Crippen LogP contribution >= 0.6 is 0 Å². The molecule has 1 saturated carbocycles. The van der Waals surface area contributed by atoms with E-state index in [1.54, 1.807) is 12.1 Å². The van der Waals surface area contributed by atoms with E-state index in [1.807, 2.05) is 18.2 Å². The molecule has 0 spiro atoms. The fraction of sp³-hybridized carbons (Fsp3) is 0.529. The van der Waals surface area contributed by atoms with E-state index in [4.69, 9.17) is 0 Å². The van der Waals surface area contributed by atoms with Crippen LogP contribution in [0.25, 0.3) is 0 Å². The maximum Gasteiger partial charge on any atom is 0.220 e. The minimum Gasteiger partial charge on any atom is -0.388 e. The number of carbonyl (C=O) groups is 2. The van der Waals surface area contributed by atoms with E-state index in [2.05, 4.69) is 5.32 Å². The number of aliphatic hydroxyl groups is 1. The van der Waals surface area contributed by atoms with Gasteiger partial charge in [0, 0.05) is 24.9 Å². The highest BCUT2D eigenvalue weighted by molar-refractivity contribution is 5.97. The fourth-order valence-electron chi connectivity index (χ4n) is 2.73. The Morgan fingerprint density at radius 1 is 1.05 bits per heavy atom. The molecule has 0 aliphatic heterocycles. The zero-order valence-electron chi connectivity index (χ0n) is 12.3. The molecule has 1 aromatic rings. The van der Waals surface area contributed by atoms with Gasteiger partial charge in [0.2, 0.25) is 5.91 Å². The van der Waals surface area contributed by atoms with Crippen molar-refractivity contribution in [3.8, 4) is 0 Å². The third-order valence-corrected chi connectivity index (χ3v) is 4.07. The van der Waals surface area contributed by atoms with Gasteiger partial charge in [0.15, 0.2) is 5.78 Å². The van der Waals surface area contributed by atoms with Gasteiger partial charge in [-0.15, -0.1) is 0 Å². The van der Waals surface area contributed by atoms with Gasteiger partial charge in [0.25, 0.3) is 0 Å². The molecule has 0 unspecified atom stereocenters. The Balaban J connectivity index is 1.71. The van der Waals surface area contributed by atoms with Crippen molar-refractivity contribution in [2.24, 2.45) is 0 Å². The smallest absolute Gasteiger partial charge is 0.220 e. The number of hydrogen-bond donors (Lipinski definition) is 2. The zero-order chi connectivity index (χ0) is 15.1. The van der Waals surface area contributed by atoms with Gasteiger partial charge in [0.05, 0.1) is 5.60 Å². The van der Waals surface area contributed by atoms with Crippen molar-refractivity contribution in [3.63, 3.8) is 0 Å². The highest BCUT2D eigenvalue weighted by atomic mass is 16.3. The highest BCUT2D eigenvalue weighted by Gasteiger charge is 2.29. The van der Waals surface area contributed by atoms with Crippen LogP contribution in [-0.2, 0) is 4.79 Å². The molecule has 0 saturated heterocycles. The van der Waals surface area contributed by atoms with E-state index in [0.29, 0.717) is 12.1 Å². The summed E-state index contributed by atoms with van der Waals surface area (Å²) in [4.78, 5) is 23.7. The molecule has 0 bridgehead atoms. The number of amides is 1. The van der Waals surface area contributed by atoms with Crippen LogP contribution < -0.4 is 5.32 Å². The normalized spacial score (nSPS) is 17.2. The lowest BCUT2D eigenvalue weighted by Crippen LogP contribution is -2.44. The summed E-state index contributed by atoms with van der Waals surface area (Å²) in [5.41, 5.74) is -0.117. The largest absolute Gasteiger partial charge is 0.388 e. The summed E-state index contributed by atoms with van der Waals surface area (Å²) in [6, 6.07) is 8.99. The number of benzene rings is 1. The van der Waals surface area contributed by atoms with Gasteiger partial charge in [-0.3, -0.25) is 9.59 Å². The molecule has 1 aromatic carbocycles. The van der Waals surface area contributed by atoms with Gasteiger partial charge in [-0.25, -0.2) is 0 Å². The first-order valence-corrected chi connectivity index (χ1v) is 7.66. The van der Waals surface area contributed by atoms with Crippen molar-refractivity contribution in [3.05, 3.63) is 35.9 Å². The SMILES string of the molecule is O=C(CCC(=O)c1ccccc1)NCC1(O)CCCCC1. The molecule has 0 heterocycles. The molecule has 4 heteroatoms. The Morgan fingerprint density at radius 3 is 2.38 bits per heavy atom. The second kappa shape index (κ2) is 7.36. The van der Waals surface area contributed by atoms with E-state index in [9.17, 15) is 14.7 Å². The summed E-state index contributed by atoms with van der Waals surface area (Å²) in [5.74, 6) is -0.194. The first kappa shape index (κ1) is 15.7. The summed E-state index contributed by atoms with van der Waals surface area (Å²) in [7, 11) is 0. The number of carbonyl (C=O) groups excluding carboxylic acids is 2. The standard InChI is InChI=1S/C17H23NO3/c19-15(14-7-3-1-4-8-14)9-10-16(20)18-13-17(21)11-5-2-6-12-17/h1,3-4,7-8,21H,2,5-6,9-13H2,(H,18,20). The minimum absolute atomic E-state index is 0.0258. The molecule has 0 atom stereocenters. The van der Waals surface area contributed by atoms with Gasteiger partial charge in [-0.1, -0.05) is 49.6 Å². The number of nitrogens with one attached hydrogen (secondary N) is 1. The maximum atomic E-state index is 11.9. The topological polar surface area (TPSA) is 66.4 Å². The van der Waals surface area contributed by atoms with Crippen molar-refractivity contribution in [1.29, 1.82) is 0 Å². The highest BCUT2D eigenvalue weighted by Crippen LogP contribution is 2.27. The van der Waals surface area contributed by atoms with E-state index in [0.717, 1.165) is 32.1 Å². The van der Waals surface area contributed by atoms with Crippen molar-refractivity contribution >= 4 is 11.7 Å². The van der Waals surface area contributed by atoms with Crippen molar-refractivity contribution < 1.29 is 14.7 Å². The summed E-state index contributed by atoms with van der Waals surface area (Å²) < 4.78 is 0. The molecule has 1 aliphatic carbocycles. The summed E-state index contributed by atoms with van der Waals surface area (Å²) in [5, 5.41) is 13.1. The van der Waals surface area contributed by atoms with Crippen LogP contribution in [0.3, 0.4) is 0 Å². The first-order valence-electron chi connectivity index (χ1n) is 7.66. The number of rotatable bonds is 6. The van der Waals surface area contributed by atoms with E-state index in [1.165, 1.54) is 0 Å². The monoisotopic (exact) mass is 289 g/mol. The molecular weight excluding hydrogens is 266 g/mol. The Morgan fingerprint density at radius 2 is 1.71 bits per heavy atom. The molecule has 2 rings (SSSR count). The van der Waals surface area contributed by atoms with Crippen LogP contribution in [0.5, 0.6) is 0 Å². The van der Waals surface area contributed by atoms with Crippen molar-refractivity contribution in [2.75, 3.05) is 6.54 Å². The van der Waals surface area contributed by atoms with E-state index < -0.39 is 5.60 Å². The van der Waals surface area contributed by atoms with E-state index in [-0.39, 0.29) is 24.5 Å². The van der Waals surface area contributed by atoms with E-state index >= 15 is 0 Å². The van der Waals surface area contributed by atoms with Gasteiger partial charge >= 0.3 is 0 Å².